The molecule has 0 saturated carbocycles. The minimum atomic E-state index is -3.56. The first-order chi connectivity index (χ1) is 14.9. The lowest BCUT2D eigenvalue weighted by Gasteiger charge is -2.16. The molecule has 1 saturated heterocycles. The van der Waals surface area contributed by atoms with Crippen LogP contribution in [0.3, 0.4) is 0 Å². The summed E-state index contributed by atoms with van der Waals surface area (Å²) in [5.74, 6) is 0.739. The van der Waals surface area contributed by atoms with Crippen molar-refractivity contribution in [2.24, 2.45) is 5.16 Å². The van der Waals surface area contributed by atoms with Gasteiger partial charge in [-0.2, -0.15) is 4.31 Å². The molecule has 31 heavy (non-hydrogen) atoms. The first kappa shape index (κ1) is 22.6. The van der Waals surface area contributed by atoms with Crippen molar-refractivity contribution in [3.8, 4) is 11.5 Å². The van der Waals surface area contributed by atoms with E-state index in [0.29, 0.717) is 35.8 Å². The maximum absolute atomic E-state index is 12.7. The molecular weight excluding hydrogens is 422 g/mol. The second kappa shape index (κ2) is 10.3. The third-order valence-electron chi connectivity index (χ3n) is 4.72. The summed E-state index contributed by atoms with van der Waals surface area (Å²) in [5.41, 5.74) is 0.995. The number of anilines is 1. The van der Waals surface area contributed by atoms with Gasteiger partial charge in [-0.1, -0.05) is 11.2 Å². The molecule has 0 radical (unpaired) electrons. The van der Waals surface area contributed by atoms with Crippen LogP contribution in [0.1, 0.15) is 18.4 Å². The average Bonchev–Trinajstić information content (AvgIpc) is 3.32. The number of sulfonamides is 1. The Hall–Kier alpha value is -3.11. The number of amides is 1. The summed E-state index contributed by atoms with van der Waals surface area (Å²) >= 11 is 0. The monoisotopic (exact) mass is 447 g/mol. The number of benzene rings is 2. The predicted octanol–water partition coefficient (Wildman–Crippen LogP) is 2.48. The van der Waals surface area contributed by atoms with Crippen LogP contribution in [-0.4, -0.2) is 58.8 Å². The number of nitrogens with zero attached hydrogens (tertiary/aromatic N) is 2. The molecule has 1 N–H and O–H groups in total. The lowest BCUT2D eigenvalue weighted by atomic mass is 10.2. The molecule has 0 aromatic heterocycles. The fourth-order valence-electron chi connectivity index (χ4n) is 3.14. The van der Waals surface area contributed by atoms with Crippen LogP contribution >= 0.6 is 0 Å². The van der Waals surface area contributed by atoms with Crippen molar-refractivity contribution in [3.63, 3.8) is 0 Å². The molecule has 0 spiro atoms. The number of rotatable bonds is 9. The van der Waals surface area contributed by atoms with Crippen molar-refractivity contribution in [3.05, 3.63) is 48.0 Å². The summed E-state index contributed by atoms with van der Waals surface area (Å²) in [6, 6.07) is 11.4. The molecular formula is C21H25N3O6S. The third kappa shape index (κ3) is 5.74. The normalized spacial score (nSPS) is 14.5. The van der Waals surface area contributed by atoms with E-state index in [-0.39, 0.29) is 11.5 Å². The van der Waals surface area contributed by atoms with Gasteiger partial charge in [0.2, 0.25) is 10.0 Å². The number of methoxy groups -OCH3 is 2. The van der Waals surface area contributed by atoms with Gasteiger partial charge in [0.25, 0.3) is 5.91 Å². The van der Waals surface area contributed by atoms with Gasteiger partial charge in [-0.15, -0.1) is 0 Å². The van der Waals surface area contributed by atoms with Gasteiger partial charge in [-0.25, -0.2) is 8.42 Å². The quantitative estimate of drug-likeness (QED) is 0.468. The Labute approximate surface area is 181 Å². The van der Waals surface area contributed by atoms with E-state index in [1.54, 1.807) is 37.4 Å². The molecule has 0 unspecified atom stereocenters. The van der Waals surface area contributed by atoms with Crippen molar-refractivity contribution in [1.82, 2.24) is 4.31 Å². The lowest BCUT2D eigenvalue weighted by Crippen LogP contribution is -2.28. The molecule has 1 fully saturated rings. The number of carbonyl (C=O) groups excluding carboxylic acids is 1. The van der Waals surface area contributed by atoms with Crippen LogP contribution in [0.4, 0.5) is 5.69 Å². The molecule has 1 amide bonds. The highest BCUT2D eigenvalue weighted by atomic mass is 32.2. The van der Waals surface area contributed by atoms with Crippen LogP contribution in [0.15, 0.2) is 52.5 Å². The zero-order valence-corrected chi connectivity index (χ0v) is 18.2. The predicted molar refractivity (Wildman–Crippen MR) is 116 cm³/mol. The Morgan fingerprint density at radius 1 is 1.13 bits per heavy atom. The second-order valence-corrected chi connectivity index (χ2v) is 8.74. The Bertz CT molecular complexity index is 1050. The summed E-state index contributed by atoms with van der Waals surface area (Å²) in [4.78, 5) is 17.4. The minimum absolute atomic E-state index is 0.149. The van der Waals surface area contributed by atoms with E-state index in [1.807, 2.05) is 0 Å². The first-order valence-electron chi connectivity index (χ1n) is 9.71. The van der Waals surface area contributed by atoms with E-state index in [0.717, 1.165) is 12.8 Å². The van der Waals surface area contributed by atoms with E-state index < -0.39 is 15.9 Å². The van der Waals surface area contributed by atoms with Crippen LogP contribution in [0, 0.1) is 0 Å². The maximum Gasteiger partial charge on any atom is 0.265 e. The van der Waals surface area contributed by atoms with Gasteiger partial charge in [0.1, 0.15) is 11.5 Å². The van der Waals surface area contributed by atoms with Crippen LogP contribution in [-0.2, 0) is 19.7 Å². The van der Waals surface area contributed by atoms with Crippen molar-refractivity contribution in [2.75, 3.05) is 39.2 Å². The Kier molecular flexibility index (Phi) is 7.48. The fraction of sp³-hybridized carbons (Fsp3) is 0.333. The van der Waals surface area contributed by atoms with Gasteiger partial charge in [0, 0.05) is 24.3 Å². The van der Waals surface area contributed by atoms with Crippen LogP contribution in [0.25, 0.3) is 0 Å². The second-order valence-electron chi connectivity index (χ2n) is 6.80. The van der Waals surface area contributed by atoms with E-state index in [9.17, 15) is 13.2 Å². The maximum atomic E-state index is 12.7. The molecule has 2 aromatic rings. The van der Waals surface area contributed by atoms with E-state index in [2.05, 4.69) is 10.5 Å². The molecule has 0 atom stereocenters. The number of hydrogen-bond donors (Lipinski definition) is 1. The molecule has 1 heterocycles. The minimum Gasteiger partial charge on any atom is -0.497 e. The zero-order chi connectivity index (χ0) is 22.3. The number of oxime groups is 1. The van der Waals surface area contributed by atoms with E-state index in [1.165, 1.54) is 29.8 Å². The van der Waals surface area contributed by atoms with Crippen molar-refractivity contribution in [2.45, 2.75) is 17.7 Å². The largest absolute Gasteiger partial charge is 0.497 e. The first-order valence-corrected chi connectivity index (χ1v) is 11.2. The van der Waals surface area contributed by atoms with Crippen molar-refractivity contribution < 1.29 is 27.5 Å². The molecule has 0 aliphatic carbocycles. The Morgan fingerprint density at radius 2 is 1.90 bits per heavy atom. The molecule has 10 heteroatoms. The summed E-state index contributed by atoms with van der Waals surface area (Å²) in [7, 11) is -0.472. The molecule has 3 rings (SSSR count). The average molecular weight is 448 g/mol. The molecule has 0 bridgehead atoms. The molecule has 9 nitrogen and oxygen atoms in total. The van der Waals surface area contributed by atoms with Gasteiger partial charge in [0.05, 0.1) is 25.3 Å². The lowest BCUT2D eigenvalue weighted by molar-refractivity contribution is -0.120. The zero-order valence-electron chi connectivity index (χ0n) is 17.4. The number of carbonyl (C=O) groups is 1. The molecule has 166 valence electrons. The fourth-order valence-corrected chi connectivity index (χ4v) is 4.70. The van der Waals surface area contributed by atoms with Gasteiger partial charge in [0.15, 0.2) is 6.61 Å². The van der Waals surface area contributed by atoms with Crippen molar-refractivity contribution in [1.29, 1.82) is 0 Å². The van der Waals surface area contributed by atoms with Crippen LogP contribution in [0.5, 0.6) is 11.5 Å². The number of nitrogens with one attached hydrogen (secondary N) is 1. The summed E-state index contributed by atoms with van der Waals surface area (Å²) in [6.07, 6.45) is 3.13. The molecule has 2 aromatic carbocycles. The Balaban J connectivity index is 1.57. The van der Waals surface area contributed by atoms with Gasteiger partial charge in [-0.3, -0.25) is 4.79 Å². The molecule has 1 aliphatic heterocycles. The highest BCUT2D eigenvalue weighted by Crippen LogP contribution is 2.24. The molecule has 1 aliphatic rings. The van der Waals surface area contributed by atoms with Gasteiger partial charge >= 0.3 is 0 Å². The topological polar surface area (TPSA) is 107 Å². The van der Waals surface area contributed by atoms with Crippen LogP contribution in [0.2, 0.25) is 0 Å². The van der Waals surface area contributed by atoms with E-state index >= 15 is 0 Å². The summed E-state index contributed by atoms with van der Waals surface area (Å²) < 4.78 is 37.2. The number of ether oxygens (including phenoxy) is 2. The highest BCUT2D eigenvalue weighted by molar-refractivity contribution is 7.89. The highest BCUT2D eigenvalue weighted by Gasteiger charge is 2.27. The summed E-state index contributed by atoms with van der Waals surface area (Å²) in [6.45, 7) is 0.692. The standard InChI is InChI=1S/C21H25N3O6S/c1-28-18-8-9-20(29-2)16(12-18)14-22-30-15-21(25)23-17-6-5-7-19(13-17)31(26,27)24-10-3-4-11-24/h5-9,12-14H,3-4,10-11,15H2,1-2H3,(H,23,25)/b22-14+. The number of hydrogen-bond acceptors (Lipinski definition) is 7. The van der Waals surface area contributed by atoms with Gasteiger partial charge < -0.3 is 19.6 Å². The van der Waals surface area contributed by atoms with Gasteiger partial charge in [-0.05, 0) is 49.2 Å². The summed E-state index contributed by atoms with van der Waals surface area (Å²) in [5, 5.41) is 6.41. The van der Waals surface area contributed by atoms with Crippen molar-refractivity contribution >= 4 is 27.8 Å². The SMILES string of the molecule is COc1ccc(OC)c(/C=N/OCC(=O)Nc2cccc(S(=O)(=O)N3CCCC3)c2)c1. The smallest absolute Gasteiger partial charge is 0.265 e. The Morgan fingerprint density at radius 3 is 2.61 bits per heavy atom. The van der Waals surface area contributed by atoms with E-state index in [4.69, 9.17) is 14.3 Å². The van der Waals surface area contributed by atoms with Crippen LogP contribution < -0.4 is 14.8 Å². The third-order valence-corrected chi connectivity index (χ3v) is 6.61.